The third-order valence-corrected chi connectivity index (χ3v) is 2.02. The van der Waals surface area contributed by atoms with Crippen molar-refractivity contribution in [2.75, 3.05) is 6.61 Å². The maximum absolute atomic E-state index is 11.7. The molecule has 0 aliphatic heterocycles. The first-order valence-corrected chi connectivity index (χ1v) is 5.80. The van der Waals surface area contributed by atoms with Crippen LogP contribution in [0.25, 0.3) is 0 Å². The second-order valence-corrected chi connectivity index (χ2v) is 4.09. The number of ether oxygens (including phenoxy) is 1. The van der Waals surface area contributed by atoms with Crippen LogP contribution in [0.5, 0.6) is 5.75 Å². The number of hydrazone groups is 1. The molecule has 0 atom stereocenters. The Balaban J connectivity index is 2.56. The quantitative estimate of drug-likeness (QED) is 0.476. The third kappa shape index (κ3) is 4.82. The van der Waals surface area contributed by atoms with Crippen molar-refractivity contribution < 1.29 is 9.53 Å². The Morgan fingerprint density at radius 3 is 2.67 bits per heavy atom. The summed E-state index contributed by atoms with van der Waals surface area (Å²) in [5, 5.41) is 3.85. The molecule has 1 aromatic carbocycles. The van der Waals surface area contributed by atoms with E-state index in [1.165, 1.54) is 0 Å². The van der Waals surface area contributed by atoms with Gasteiger partial charge in [0.1, 0.15) is 12.4 Å². The molecule has 4 heteroatoms. The number of nitrogens with zero attached hydrogens (tertiary/aromatic N) is 1. The molecule has 1 aromatic rings. The lowest BCUT2D eigenvalue weighted by Crippen LogP contribution is -2.17. The van der Waals surface area contributed by atoms with Crippen molar-refractivity contribution in [1.82, 2.24) is 5.43 Å². The van der Waals surface area contributed by atoms with Crippen molar-refractivity contribution in [2.45, 2.75) is 13.8 Å². The molecule has 1 amide bonds. The number of carbonyl (C=O) groups excluding carboxylic acids is 1. The highest BCUT2D eigenvalue weighted by Crippen LogP contribution is 2.12. The van der Waals surface area contributed by atoms with E-state index in [-0.39, 0.29) is 5.91 Å². The highest BCUT2D eigenvalue weighted by atomic mass is 16.5. The maximum atomic E-state index is 11.7. The summed E-state index contributed by atoms with van der Waals surface area (Å²) < 4.78 is 5.32. The van der Waals surface area contributed by atoms with Gasteiger partial charge in [0.15, 0.2) is 0 Å². The van der Waals surface area contributed by atoms with Crippen LogP contribution in [0.1, 0.15) is 24.2 Å². The van der Waals surface area contributed by atoms with Crippen LogP contribution in [0.15, 0.2) is 42.0 Å². The largest absolute Gasteiger partial charge is 0.490 e. The summed E-state index contributed by atoms with van der Waals surface area (Å²) in [7, 11) is 0. The predicted molar refractivity (Wildman–Crippen MR) is 72.9 cm³/mol. The molecule has 0 spiro atoms. The van der Waals surface area contributed by atoms with Gasteiger partial charge in [0, 0.05) is 11.8 Å². The van der Waals surface area contributed by atoms with E-state index >= 15 is 0 Å². The van der Waals surface area contributed by atoms with E-state index < -0.39 is 0 Å². The molecule has 4 nitrogen and oxygen atoms in total. The molecule has 0 radical (unpaired) electrons. The number of rotatable bonds is 6. The minimum absolute atomic E-state index is 0.234. The van der Waals surface area contributed by atoms with E-state index in [0.717, 1.165) is 0 Å². The maximum Gasteiger partial charge on any atom is 0.271 e. The highest BCUT2D eigenvalue weighted by Gasteiger charge is 2.03. The number of hydrogen-bond acceptors (Lipinski definition) is 3. The van der Waals surface area contributed by atoms with Gasteiger partial charge in [0.05, 0.1) is 0 Å². The molecule has 1 rings (SSSR count). The van der Waals surface area contributed by atoms with Gasteiger partial charge in [-0.3, -0.25) is 4.79 Å². The van der Waals surface area contributed by atoms with Crippen LogP contribution >= 0.6 is 0 Å². The van der Waals surface area contributed by atoms with Crippen molar-refractivity contribution in [2.24, 2.45) is 11.0 Å². The van der Waals surface area contributed by atoms with E-state index in [1.807, 2.05) is 13.8 Å². The molecule has 0 saturated heterocycles. The molecule has 0 bridgehead atoms. The molecule has 0 aliphatic carbocycles. The van der Waals surface area contributed by atoms with Crippen LogP contribution in [-0.2, 0) is 0 Å². The zero-order valence-electron chi connectivity index (χ0n) is 10.7. The Hall–Kier alpha value is -2.10. The third-order valence-electron chi connectivity index (χ3n) is 2.02. The molecule has 18 heavy (non-hydrogen) atoms. The Kier molecular flexibility index (Phi) is 5.64. The van der Waals surface area contributed by atoms with Crippen LogP contribution in [0.3, 0.4) is 0 Å². The lowest BCUT2D eigenvalue weighted by atomic mass is 10.2. The van der Waals surface area contributed by atoms with Gasteiger partial charge in [0.25, 0.3) is 5.91 Å². The topological polar surface area (TPSA) is 50.7 Å². The molecule has 96 valence electrons. The van der Waals surface area contributed by atoms with Gasteiger partial charge >= 0.3 is 0 Å². The minimum atomic E-state index is -0.234. The second kappa shape index (κ2) is 7.27. The van der Waals surface area contributed by atoms with Gasteiger partial charge in [-0.1, -0.05) is 26.5 Å². The number of amides is 1. The molecule has 1 N–H and O–H groups in total. The van der Waals surface area contributed by atoms with Crippen LogP contribution < -0.4 is 10.2 Å². The normalized spacial score (nSPS) is 10.6. The molecule has 0 saturated carbocycles. The van der Waals surface area contributed by atoms with Gasteiger partial charge in [-0.05, 0) is 30.2 Å². The van der Waals surface area contributed by atoms with Crippen molar-refractivity contribution in [3.8, 4) is 5.75 Å². The molecular weight excluding hydrogens is 228 g/mol. The van der Waals surface area contributed by atoms with Gasteiger partial charge in [0.2, 0.25) is 0 Å². The Bertz CT molecular complexity index is 422. The first-order chi connectivity index (χ1) is 8.63. The summed E-state index contributed by atoms with van der Waals surface area (Å²) in [6, 6.07) is 6.87. The first kappa shape index (κ1) is 14.0. The molecular formula is C14H18N2O2. The Morgan fingerprint density at radius 2 is 2.11 bits per heavy atom. The SMILES string of the molecule is C=CCOc1ccc(C(=O)NN=CC(C)C)cc1. The second-order valence-electron chi connectivity index (χ2n) is 4.09. The fourth-order valence-electron chi connectivity index (χ4n) is 1.17. The zero-order valence-corrected chi connectivity index (χ0v) is 10.7. The summed E-state index contributed by atoms with van der Waals surface area (Å²) in [6.45, 7) is 7.99. The standard InChI is InChI=1S/C14H18N2O2/c1-4-9-18-13-7-5-12(6-8-13)14(17)16-15-10-11(2)3/h4-8,10-11H,1,9H2,2-3H3,(H,16,17). The van der Waals surface area contributed by atoms with Crippen LogP contribution in [0, 0.1) is 5.92 Å². The van der Waals surface area contributed by atoms with E-state index in [2.05, 4.69) is 17.1 Å². The van der Waals surface area contributed by atoms with Crippen molar-refractivity contribution in [3.63, 3.8) is 0 Å². The number of hydrogen-bond donors (Lipinski definition) is 1. The fraction of sp³-hybridized carbons (Fsp3) is 0.286. The fourth-order valence-corrected chi connectivity index (χ4v) is 1.17. The molecule has 0 aromatic heterocycles. The Morgan fingerprint density at radius 1 is 1.44 bits per heavy atom. The van der Waals surface area contributed by atoms with E-state index in [1.54, 1.807) is 36.6 Å². The molecule has 0 unspecified atom stereocenters. The smallest absolute Gasteiger partial charge is 0.271 e. The average molecular weight is 246 g/mol. The first-order valence-electron chi connectivity index (χ1n) is 5.80. The minimum Gasteiger partial charge on any atom is -0.490 e. The highest BCUT2D eigenvalue weighted by molar-refractivity contribution is 5.94. The summed E-state index contributed by atoms with van der Waals surface area (Å²) in [5.41, 5.74) is 3.01. The van der Waals surface area contributed by atoms with Gasteiger partial charge in [-0.15, -0.1) is 0 Å². The molecule has 0 fully saturated rings. The molecule has 0 aliphatic rings. The van der Waals surface area contributed by atoms with Gasteiger partial charge < -0.3 is 4.74 Å². The predicted octanol–water partition coefficient (Wildman–Crippen LogP) is 2.62. The van der Waals surface area contributed by atoms with Crippen LogP contribution in [0.4, 0.5) is 0 Å². The van der Waals surface area contributed by atoms with Crippen LogP contribution in [0.2, 0.25) is 0 Å². The average Bonchev–Trinajstić information content (AvgIpc) is 2.36. The molecule has 0 heterocycles. The monoisotopic (exact) mass is 246 g/mol. The number of carbonyl (C=O) groups is 1. The van der Waals surface area contributed by atoms with Crippen molar-refractivity contribution >= 4 is 12.1 Å². The Labute approximate surface area is 107 Å². The summed E-state index contributed by atoms with van der Waals surface area (Å²) >= 11 is 0. The summed E-state index contributed by atoms with van der Waals surface area (Å²) in [6.07, 6.45) is 3.35. The van der Waals surface area contributed by atoms with E-state index in [4.69, 9.17) is 4.74 Å². The van der Waals surface area contributed by atoms with Gasteiger partial charge in [-0.25, -0.2) is 5.43 Å². The lowest BCUT2D eigenvalue weighted by molar-refractivity contribution is 0.0955. The zero-order chi connectivity index (χ0) is 13.4. The van der Waals surface area contributed by atoms with Crippen LogP contribution in [-0.4, -0.2) is 18.7 Å². The number of nitrogens with one attached hydrogen (secondary N) is 1. The van der Waals surface area contributed by atoms with E-state index in [9.17, 15) is 4.79 Å². The van der Waals surface area contributed by atoms with Crippen molar-refractivity contribution in [1.29, 1.82) is 0 Å². The summed E-state index contributed by atoms with van der Waals surface area (Å²) in [5.74, 6) is 0.777. The van der Waals surface area contributed by atoms with Crippen molar-refractivity contribution in [3.05, 3.63) is 42.5 Å². The van der Waals surface area contributed by atoms with Gasteiger partial charge in [-0.2, -0.15) is 5.10 Å². The number of benzene rings is 1. The van der Waals surface area contributed by atoms with E-state index in [0.29, 0.717) is 23.8 Å². The lowest BCUT2D eigenvalue weighted by Gasteiger charge is -2.04. The summed E-state index contributed by atoms with van der Waals surface area (Å²) in [4.78, 5) is 11.7.